The van der Waals surface area contributed by atoms with Gasteiger partial charge in [-0.2, -0.15) is 0 Å². The largest absolute Gasteiger partial charge is 0.338 e. The topological polar surface area (TPSA) is 75.2 Å². The van der Waals surface area contributed by atoms with Crippen molar-refractivity contribution in [1.29, 1.82) is 0 Å². The lowest BCUT2D eigenvalue weighted by atomic mass is 10.1. The molecule has 1 fully saturated rings. The Morgan fingerprint density at radius 1 is 1.32 bits per heavy atom. The molecule has 1 aromatic heterocycles. The second kappa shape index (κ2) is 7.74. The van der Waals surface area contributed by atoms with Crippen molar-refractivity contribution in [3.05, 3.63) is 40.9 Å². The number of rotatable bonds is 6. The monoisotopic (exact) mass is 358 g/mol. The first-order valence-electron chi connectivity index (χ1n) is 8.46. The molecule has 0 spiro atoms. The molecule has 1 aliphatic rings. The average molecular weight is 358 g/mol. The Kier molecular flexibility index (Phi) is 5.43. The molecule has 1 aromatic carbocycles. The van der Waals surface area contributed by atoms with Crippen LogP contribution >= 0.6 is 11.3 Å². The molecule has 3 rings (SSSR count). The van der Waals surface area contributed by atoms with Crippen molar-refractivity contribution in [3.8, 4) is 0 Å². The molecule has 0 saturated carbocycles. The molecule has 1 atom stereocenters. The van der Waals surface area contributed by atoms with E-state index in [4.69, 9.17) is 0 Å². The highest BCUT2D eigenvalue weighted by Crippen LogP contribution is 2.23. The van der Waals surface area contributed by atoms with Gasteiger partial charge < -0.3 is 10.2 Å². The number of carbonyl (C=O) groups is 2. The van der Waals surface area contributed by atoms with E-state index >= 15 is 0 Å². The summed E-state index contributed by atoms with van der Waals surface area (Å²) in [5, 5.41) is 12.4. The van der Waals surface area contributed by atoms with E-state index in [2.05, 4.69) is 29.4 Å². The normalized spacial score (nSPS) is 17.3. The Bertz CT molecular complexity index is 745. The number of benzene rings is 1. The van der Waals surface area contributed by atoms with E-state index in [1.807, 2.05) is 30.3 Å². The van der Waals surface area contributed by atoms with E-state index in [9.17, 15) is 9.59 Å². The van der Waals surface area contributed by atoms with E-state index < -0.39 is 0 Å². The molecular weight excluding hydrogens is 336 g/mol. The van der Waals surface area contributed by atoms with Gasteiger partial charge >= 0.3 is 0 Å². The molecular formula is C18H22N4O2S. The van der Waals surface area contributed by atoms with Crippen LogP contribution < -0.4 is 5.32 Å². The summed E-state index contributed by atoms with van der Waals surface area (Å²) in [7, 11) is 0. The Morgan fingerprint density at radius 2 is 2.08 bits per heavy atom. The number of nitrogens with one attached hydrogen (secondary N) is 1. The molecule has 0 aliphatic carbocycles. The van der Waals surface area contributed by atoms with Gasteiger partial charge in [-0.15, -0.1) is 10.2 Å². The Balaban J connectivity index is 1.56. The summed E-state index contributed by atoms with van der Waals surface area (Å²) >= 11 is 1.40. The second-order valence-electron chi connectivity index (χ2n) is 6.75. The third kappa shape index (κ3) is 4.63. The molecule has 6 nitrogen and oxygen atoms in total. The van der Waals surface area contributed by atoms with Crippen LogP contribution in [0.1, 0.15) is 30.8 Å². The molecule has 1 saturated heterocycles. The Morgan fingerprint density at radius 3 is 2.80 bits per heavy atom. The molecule has 0 unspecified atom stereocenters. The molecule has 25 heavy (non-hydrogen) atoms. The van der Waals surface area contributed by atoms with Gasteiger partial charge in [-0.1, -0.05) is 55.5 Å². The zero-order valence-corrected chi connectivity index (χ0v) is 15.3. The first-order chi connectivity index (χ1) is 12.0. The lowest BCUT2D eigenvalue weighted by Crippen LogP contribution is -2.28. The predicted molar refractivity (Wildman–Crippen MR) is 97.0 cm³/mol. The number of amides is 2. The van der Waals surface area contributed by atoms with Crippen LogP contribution in [0.15, 0.2) is 30.3 Å². The number of hydrogen-bond acceptors (Lipinski definition) is 5. The summed E-state index contributed by atoms with van der Waals surface area (Å²) in [6, 6.07) is 9.81. The summed E-state index contributed by atoms with van der Waals surface area (Å²) in [5.74, 6) is 0.0158. The van der Waals surface area contributed by atoms with Crippen molar-refractivity contribution in [1.82, 2.24) is 15.1 Å². The van der Waals surface area contributed by atoms with E-state index in [0.29, 0.717) is 24.1 Å². The number of likely N-dealkylation sites (tertiary alicyclic amines) is 1. The first-order valence-corrected chi connectivity index (χ1v) is 9.28. The average Bonchev–Trinajstić information content (AvgIpc) is 3.15. The molecule has 7 heteroatoms. The van der Waals surface area contributed by atoms with Gasteiger partial charge in [-0.3, -0.25) is 9.59 Å². The van der Waals surface area contributed by atoms with Crippen molar-refractivity contribution in [3.63, 3.8) is 0 Å². The van der Waals surface area contributed by atoms with E-state index in [1.165, 1.54) is 11.3 Å². The molecule has 0 bridgehead atoms. The molecule has 1 aliphatic heterocycles. The van der Waals surface area contributed by atoms with Crippen molar-refractivity contribution >= 4 is 28.3 Å². The van der Waals surface area contributed by atoms with E-state index in [-0.39, 0.29) is 24.2 Å². The van der Waals surface area contributed by atoms with Crippen LogP contribution in [-0.2, 0) is 22.6 Å². The van der Waals surface area contributed by atoms with Gasteiger partial charge in [0, 0.05) is 25.9 Å². The predicted octanol–water partition coefficient (Wildman–Crippen LogP) is 2.72. The fraction of sp³-hybridized carbons (Fsp3) is 0.444. The van der Waals surface area contributed by atoms with Gasteiger partial charge in [0.1, 0.15) is 5.01 Å². The molecule has 132 valence electrons. The minimum absolute atomic E-state index is 0.0155. The van der Waals surface area contributed by atoms with Crippen LogP contribution in [0.5, 0.6) is 0 Å². The van der Waals surface area contributed by atoms with Gasteiger partial charge in [0.25, 0.3) is 0 Å². The van der Waals surface area contributed by atoms with Crippen LogP contribution in [0.2, 0.25) is 0 Å². The summed E-state index contributed by atoms with van der Waals surface area (Å²) in [5.41, 5.74) is 1.07. The number of aromatic nitrogens is 2. The first kappa shape index (κ1) is 17.5. The number of carbonyl (C=O) groups excluding carboxylic acids is 2. The van der Waals surface area contributed by atoms with Crippen LogP contribution in [0.25, 0.3) is 0 Å². The molecule has 2 aromatic rings. The van der Waals surface area contributed by atoms with Gasteiger partial charge in [0.15, 0.2) is 0 Å². The standard InChI is InChI=1S/C18H22N4O2S/c1-12(2)8-15-20-21-18(25-15)19-17(24)14-9-16(23)22(11-14)10-13-6-4-3-5-7-13/h3-7,12,14H,8-11H2,1-2H3,(H,19,21,24)/t14-/m0/s1. The zero-order valence-electron chi connectivity index (χ0n) is 14.4. The number of nitrogens with zero attached hydrogens (tertiary/aromatic N) is 3. The minimum atomic E-state index is -0.339. The van der Waals surface area contributed by atoms with Crippen LogP contribution in [-0.4, -0.2) is 33.5 Å². The highest BCUT2D eigenvalue weighted by molar-refractivity contribution is 7.15. The Hall–Kier alpha value is -2.28. The SMILES string of the molecule is CC(C)Cc1nnc(NC(=O)[C@H]2CC(=O)N(Cc3ccccc3)C2)s1. The fourth-order valence-corrected chi connectivity index (χ4v) is 3.80. The third-order valence-corrected chi connectivity index (χ3v) is 4.94. The maximum Gasteiger partial charge on any atom is 0.231 e. The Labute approximate surface area is 151 Å². The van der Waals surface area contributed by atoms with Gasteiger partial charge in [0.05, 0.1) is 5.92 Å². The fourth-order valence-electron chi connectivity index (χ4n) is 2.85. The van der Waals surface area contributed by atoms with Gasteiger partial charge in [-0.05, 0) is 11.5 Å². The van der Waals surface area contributed by atoms with Crippen molar-refractivity contribution in [2.75, 3.05) is 11.9 Å². The van der Waals surface area contributed by atoms with Crippen LogP contribution in [0.4, 0.5) is 5.13 Å². The third-order valence-electron chi connectivity index (χ3n) is 4.08. The molecule has 1 N–H and O–H groups in total. The molecule has 2 amide bonds. The van der Waals surface area contributed by atoms with Crippen molar-refractivity contribution in [2.24, 2.45) is 11.8 Å². The maximum absolute atomic E-state index is 12.4. The highest BCUT2D eigenvalue weighted by Gasteiger charge is 2.34. The van der Waals surface area contributed by atoms with Crippen molar-refractivity contribution < 1.29 is 9.59 Å². The summed E-state index contributed by atoms with van der Waals surface area (Å²) in [6.07, 6.45) is 1.09. The van der Waals surface area contributed by atoms with E-state index in [0.717, 1.165) is 17.0 Å². The van der Waals surface area contributed by atoms with Crippen LogP contribution in [0, 0.1) is 11.8 Å². The summed E-state index contributed by atoms with van der Waals surface area (Å²) in [4.78, 5) is 26.4. The minimum Gasteiger partial charge on any atom is -0.338 e. The maximum atomic E-state index is 12.4. The molecule has 2 heterocycles. The van der Waals surface area contributed by atoms with Gasteiger partial charge in [0.2, 0.25) is 16.9 Å². The highest BCUT2D eigenvalue weighted by atomic mass is 32.1. The lowest BCUT2D eigenvalue weighted by Gasteiger charge is -2.16. The number of hydrogen-bond donors (Lipinski definition) is 1. The zero-order chi connectivity index (χ0) is 17.8. The smallest absolute Gasteiger partial charge is 0.231 e. The lowest BCUT2D eigenvalue weighted by molar-refractivity contribution is -0.128. The molecule has 0 radical (unpaired) electrons. The second-order valence-corrected chi connectivity index (χ2v) is 7.81. The van der Waals surface area contributed by atoms with Crippen LogP contribution in [0.3, 0.4) is 0 Å². The quantitative estimate of drug-likeness (QED) is 0.861. The summed E-state index contributed by atoms with van der Waals surface area (Å²) in [6.45, 7) is 5.22. The van der Waals surface area contributed by atoms with E-state index in [1.54, 1.807) is 4.90 Å². The number of anilines is 1. The summed E-state index contributed by atoms with van der Waals surface area (Å²) < 4.78 is 0. The van der Waals surface area contributed by atoms with Gasteiger partial charge in [-0.25, -0.2) is 0 Å². The van der Waals surface area contributed by atoms with Crippen molar-refractivity contribution in [2.45, 2.75) is 33.2 Å².